The van der Waals surface area contributed by atoms with Gasteiger partial charge in [-0.05, 0) is 12.0 Å². The highest BCUT2D eigenvalue weighted by Crippen LogP contribution is 1.97. The molecular weight excluding hydrogens is 166 g/mol. The fraction of sp³-hybridized carbons (Fsp3) is 0.400. The lowest BCUT2D eigenvalue weighted by Gasteiger charge is -2.07. The number of carbonyl (C=O) groups excluding carboxylic acids is 1. The Morgan fingerprint density at radius 3 is 2.69 bits per heavy atom. The molecule has 3 nitrogen and oxygen atoms in total. The first-order valence-electron chi connectivity index (χ1n) is 4.29. The molecule has 13 heavy (non-hydrogen) atoms. The minimum absolute atomic E-state index is 0.0562. The zero-order valence-electron chi connectivity index (χ0n) is 7.86. The number of hydrogen-bond acceptors (Lipinski definition) is 2. The molecule has 0 N–H and O–H groups in total. The van der Waals surface area contributed by atoms with Crippen LogP contribution in [-0.4, -0.2) is 10.9 Å². The summed E-state index contributed by atoms with van der Waals surface area (Å²) in [6, 6.07) is 2.96. The second kappa shape index (κ2) is 4.03. The standard InChI is InChI=1S/C10H13NO2/c1-8(2)5-11-6-9(7-12)3-4-10(11)13/h3-4,6-8H,5H2,1-2H3. The van der Waals surface area contributed by atoms with E-state index in [-0.39, 0.29) is 5.56 Å². The summed E-state index contributed by atoms with van der Waals surface area (Å²) in [5.74, 6) is 0.402. The van der Waals surface area contributed by atoms with Gasteiger partial charge in [-0.2, -0.15) is 0 Å². The normalized spacial score (nSPS) is 10.4. The Hall–Kier alpha value is -1.38. The van der Waals surface area contributed by atoms with Gasteiger partial charge in [-0.1, -0.05) is 13.8 Å². The van der Waals surface area contributed by atoms with Gasteiger partial charge in [0.1, 0.15) is 0 Å². The molecule has 0 aromatic carbocycles. The van der Waals surface area contributed by atoms with Crippen LogP contribution in [0, 0.1) is 5.92 Å². The van der Waals surface area contributed by atoms with Crippen LogP contribution in [0.5, 0.6) is 0 Å². The van der Waals surface area contributed by atoms with Gasteiger partial charge in [0.2, 0.25) is 0 Å². The molecule has 0 saturated heterocycles. The smallest absolute Gasteiger partial charge is 0.250 e. The van der Waals surface area contributed by atoms with Gasteiger partial charge in [0.05, 0.1) is 0 Å². The molecule has 1 aromatic heterocycles. The molecule has 0 bridgehead atoms. The maximum atomic E-state index is 11.3. The number of carbonyl (C=O) groups is 1. The van der Waals surface area contributed by atoms with E-state index in [2.05, 4.69) is 0 Å². The molecule has 0 atom stereocenters. The molecule has 0 unspecified atom stereocenters. The average Bonchev–Trinajstić information content (AvgIpc) is 2.08. The van der Waals surface area contributed by atoms with E-state index < -0.39 is 0 Å². The molecule has 0 aliphatic rings. The van der Waals surface area contributed by atoms with Crippen molar-refractivity contribution in [2.24, 2.45) is 5.92 Å². The van der Waals surface area contributed by atoms with Crippen LogP contribution in [0.1, 0.15) is 24.2 Å². The Labute approximate surface area is 77.0 Å². The molecule has 0 spiro atoms. The van der Waals surface area contributed by atoms with Crippen LogP contribution in [0.4, 0.5) is 0 Å². The Morgan fingerprint density at radius 2 is 2.15 bits per heavy atom. The summed E-state index contributed by atoms with van der Waals surface area (Å²) in [5.41, 5.74) is 0.486. The van der Waals surface area contributed by atoms with Crippen molar-refractivity contribution in [1.82, 2.24) is 4.57 Å². The summed E-state index contributed by atoms with van der Waals surface area (Å²) in [6.07, 6.45) is 2.34. The number of rotatable bonds is 3. The number of aldehydes is 1. The molecule has 3 heteroatoms. The third kappa shape index (κ3) is 2.54. The van der Waals surface area contributed by atoms with Gasteiger partial charge < -0.3 is 4.57 Å². The summed E-state index contributed by atoms with van der Waals surface area (Å²) < 4.78 is 1.56. The first-order chi connectivity index (χ1) is 6.13. The Bertz CT molecular complexity index is 352. The maximum absolute atomic E-state index is 11.3. The summed E-state index contributed by atoms with van der Waals surface area (Å²) in [4.78, 5) is 21.7. The molecule has 0 amide bonds. The van der Waals surface area contributed by atoms with E-state index >= 15 is 0 Å². The molecule has 1 heterocycles. The minimum Gasteiger partial charge on any atom is -0.315 e. The van der Waals surface area contributed by atoms with Crippen molar-refractivity contribution in [3.63, 3.8) is 0 Å². The number of pyridine rings is 1. The zero-order chi connectivity index (χ0) is 9.84. The molecule has 1 rings (SSSR count). The van der Waals surface area contributed by atoms with Crippen molar-refractivity contribution in [2.75, 3.05) is 0 Å². The Balaban J connectivity index is 3.04. The van der Waals surface area contributed by atoms with Crippen molar-refractivity contribution in [2.45, 2.75) is 20.4 Å². The first-order valence-corrected chi connectivity index (χ1v) is 4.29. The first kappa shape index (κ1) is 9.71. The predicted octanol–water partition coefficient (Wildman–Crippen LogP) is 1.32. The summed E-state index contributed by atoms with van der Waals surface area (Å²) in [6.45, 7) is 4.71. The van der Waals surface area contributed by atoms with Crippen LogP contribution in [0.2, 0.25) is 0 Å². The van der Waals surface area contributed by atoms with E-state index in [1.165, 1.54) is 12.1 Å². The minimum atomic E-state index is -0.0562. The topological polar surface area (TPSA) is 39.1 Å². The summed E-state index contributed by atoms with van der Waals surface area (Å²) in [7, 11) is 0. The van der Waals surface area contributed by atoms with Gasteiger partial charge in [-0.3, -0.25) is 9.59 Å². The second-order valence-electron chi connectivity index (χ2n) is 3.46. The van der Waals surface area contributed by atoms with Crippen LogP contribution in [-0.2, 0) is 6.54 Å². The number of nitrogens with zero attached hydrogens (tertiary/aromatic N) is 1. The SMILES string of the molecule is CC(C)Cn1cc(C=O)ccc1=O. The van der Waals surface area contributed by atoms with Crippen molar-refractivity contribution in [3.8, 4) is 0 Å². The highest BCUT2D eigenvalue weighted by molar-refractivity contribution is 5.73. The third-order valence-electron chi connectivity index (χ3n) is 1.70. The van der Waals surface area contributed by atoms with Crippen LogP contribution >= 0.6 is 0 Å². The Morgan fingerprint density at radius 1 is 1.46 bits per heavy atom. The van der Waals surface area contributed by atoms with Crippen LogP contribution < -0.4 is 5.56 Å². The van der Waals surface area contributed by atoms with E-state index in [9.17, 15) is 9.59 Å². The average molecular weight is 179 g/mol. The van der Waals surface area contributed by atoms with Crippen molar-refractivity contribution >= 4 is 6.29 Å². The quantitative estimate of drug-likeness (QED) is 0.656. The highest BCUT2D eigenvalue weighted by atomic mass is 16.1. The molecule has 0 saturated carbocycles. The van der Waals surface area contributed by atoms with Gasteiger partial charge in [0.25, 0.3) is 5.56 Å². The fourth-order valence-electron chi connectivity index (χ4n) is 1.16. The van der Waals surface area contributed by atoms with E-state index in [0.29, 0.717) is 18.0 Å². The lowest BCUT2D eigenvalue weighted by Crippen LogP contribution is -2.21. The van der Waals surface area contributed by atoms with Crippen molar-refractivity contribution in [3.05, 3.63) is 34.2 Å². The Kier molecular flexibility index (Phi) is 3.01. The zero-order valence-corrected chi connectivity index (χ0v) is 7.86. The van der Waals surface area contributed by atoms with Gasteiger partial charge in [0, 0.05) is 24.4 Å². The molecule has 0 fully saturated rings. The van der Waals surface area contributed by atoms with E-state index in [4.69, 9.17) is 0 Å². The lowest BCUT2D eigenvalue weighted by atomic mass is 10.2. The monoisotopic (exact) mass is 179 g/mol. The van der Waals surface area contributed by atoms with Gasteiger partial charge in [-0.25, -0.2) is 0 Å². The number of aromatic nitrogens is 1. The predicted molar refractivity (Wildman–Crippen MR) is 50.9 cm³/mol. The largest absolute Gasteiger partial charge is 0.315 e. The van der Waals surface area contributed by atoms with E-state index in [1.54, 1.807) is 10.8 Å². The molecule has 70 valence electrons. The molecule has 0 aliphatic heterocycles. The molecule has 0 radical (unpaired) electrons. The fourth-order valence-corrected chi connectivity index (χ4v) is 1.16. The second-order valence-corrected chi connectivity index (χ2v) is 3.46. The maximum Gasteiger partial charge on any atom is 0.250 e. The van der Waals surface area contributed by atoms with Gasteiger partial charge >= 0.3 is 0 Å². The van der Waals surface area contributed by atoms with E-state index in [1.807, 2.05) is 13.8 Å². The molecule has 1 aromatic rings. The van der Waals surface area contributed by atoms with Crippen LogP contribution in [0.25, 0.3) is 0 Å². The van der Waals surface area contributed by atoms with Crippen molar-refractivity contribution < 1.29 is 4.79 Å². The lowest BCUT2D eigenvalue weighted by molar-refractivity contribution is 0.112. The van der Waals surface area contributed by atoms with Crippen LogP contribution in [0.15, 0.2) is 23.1 Å². The third-order valence-corrected chi connectivity index (χ3v) is 1.70. The number of hydrogen-bond donors (Lipinski definition) is 0. The van der Waals surface area contributed by atoms with Gasteiger partial charge in [-0.15, -0.1) is 0 Å². The van der Waals surface area contributed by atoms with Crippen molar-refractivity contribution in [1.29, 1.82) is 0 Å². The van der Waals surface area contributed by atoms with Gasteiger partial charge in [0.15, 0.2) is 6.29 Å². The summed E-state index contributed by atoms with van der Waals surface area (Å²) in [5, 5.41) is 0. The molecular formula is C10H13NO2. The van der Waals surface area contributed by atoms with E-state index in [0.717, 1.165) is 6.29 Å². The molecule has 0 aliphatic carbocycles. The summed E-state index contributed by atoms with van der Waals surface area (Å²) >= 11 is 0. The van der Waals surface area contributed by atoms with Crippen LogP contribution in [0.3, 0.4) is 0 Å². The highest BCUT2D eigenvalue weighted by Gasteiger charge is 1.99.